The minimum atomic E-state index is -0.691. The molecule has 0 aromatic heterocycles. The van der Waals surface area contributed by atoms with Gasteiger partial charge in [0.15, 0.2) is 5.11 Å². The molecule has 1 N–H and O–H groups in total. The van der Waals surface area contributed by atoms with Gasteiger partial charge < -0.3 is 4.74 Å². The number of nitrogens with one attached hydrogen (secondary N) is 1. The van der Waals surface area contributed by atoms with Gasteiger partial charge in [0.2, 0.25) is 0 Å². The first-order valence-corrected chi connectivity index (χ1v) is 9.14. The second-order valence-corrected chi connectivity index (χ2v) is 6.70. The van der Waals surface area contributed by atoms with Crippen LogP contribution < -0.4 is 15.0 Å². The number of methoxy groups -OCH3 is 1. The molecule has 5 nitrogen and oxygen atoms in total. The van der Waals surface area contributed by atoms with Crippen LogP contribution in [0.1, 0.15) is 5.56 Å². The van der Waals surface area contributed by atoms with E-state index in [-0.39, 0.29) is 16.4 Å². The number of hydrogen-bond donors (Lipinski definition) is 1. The van der Waals surface area contributed by atoms with Gasteiger partial charge in [0.25, 0.3) is 11.8 Å². The van der Waals surface area contributed by atoms with Gasteiger partial charge in [0.05, 0.1) is 12.8 Å². The van der Waals surface area contributed by atoms with Crippen LogP contribution in [0.15, 0.2) is 66.2 Å². The van der Waals surface area contributed by atoms with Crippen molar-refractivity contribution in [1.29, 1.82) is 0 Å². The summed E-state index contributed by atoms with van der Waals surface area (Å²) < 4.78 is 19.6. The van der Waals surface area contributed by atoms with E-state index in [1.807, 2.05) is 24.3 Å². The molecule has 29 heavy (non-hydrogen) atoms. The number of amides is 2. The van der Waals surface area contributed by atoms with Gasteiger partial charge >= 0.3 is 0 Å². The van der Waals surface area contributed by atoms with Crippen LogP contribution in [0.5, 0.6) is 5.75 Å². The van der Waals surface area contributed by atoms with Crippen molar-refractivity contribution in [3.05, 3.63) is 77.6 Å². The Bertz CT molecular complexity index is 1210. The van der Waals surface area contributed by atoms with E-state index in [0.29, 0.717) is 11.3 Å². The lowest BCUT2D eigenvalue weighted by atomic mass is 10.00. The average Bonchev–Trinajstić information content (AvgIpc) is 2.72. The van der Waals surface area contributed by atoms with Gasteiger partial charge in [-0.25, -0.2) is 9.29 Å². The van der Waals surface area contributed by atoms with Crippen LogP contribution in [0, 0.1) is 5.82 Å². The third-order valence-electron chi connectivity index (χ3n) is 4.63. The molecule has 0 aliphatic carbocycles. The standard InChI is InChI=1S/C22H15FN2O3S/c1-28-19-11-10-13(14-6-2-3-7-15(14)19)12-16-20(26)24-22(29)25(21(16)27)18-9-5-4-8-17(18)23/h2-12H,1H3,(H,24,26,29)/b16-12+. The highest BCUT2D eigenvalue weighted by atomic mass is 32.1. The molecule has 4 rings (SSSR count). The summed E-state index contributed by atoms with van der Waals surface area (Å²) in [6.07, 6.45) is 1.48. The summed E-state index contributed by atoms with van der Waals surface area (Å²) in [6.45, 7) is 0. The fourth-order valence-corrected chi connectivity index (χ4v) is 3.54. The SMILES string of the molecule is COc1ccc(/C=C2\C(=O)NC(=S)N(c3ccccc3F)C2=O)c2ccccc12. The molecule has 3 aromatic rings. The van der Waals surface area contributed by atoms with Crippen LogP contribution in [-0.2, 0) is 9.59 Å². The Morgan fingerprint density at radius 3 is 2.41 bits per heavy atom. The lowest BCUT2D eigenvalue weighted by molar-refractivity contribution is -0.122. The molecule has 1 aliphatic rings. The molecule has 144 valence electrons. The normalized spacial score (nSPS) is 15.7. The van der Waals surface area contributed by atoms with E-state index in [1.54, 1.807) is 25.3 Å². The zero-order valence-corrected chi connectivity index (χ0v) is 16.1. The molecule has 0 bridgehead atoms. The summed E-state index contributed by atoms with van der Waals surface area (Å²) in [4.78, 5) is 26.6. The molecule has 0 atom stereocenters. The van der Waals surface area contributed by atoms with Crippen molar-refractivity contribution in [2.75, 3.05) is 12.0 Å². The second kappa shape index (κ2) is 7.44. The maximum Gasteiger partial charge on any atom is 0.270 e. The Morgan fingerprint density at radius 2 is 1.69 bits per heavy atom. The van der Waals surface area contributed by atoms with E-state index in [4.69, 9.17) is 17.0 Å². The van der Waals surface area contributed by atoms with Gasteiger partial charge in [-0.3, -0.25) is 14.9 Å². The van der Waals surface area contributed by atoms with E-state index in [0.717, 1.165) is 15.7 Å². The molecular formula is C22H15FN2O3S. The molecule has 3 aromatic carbocycles. The fourth-order valence-electron chi connectivity index (χ4n) is 3.26. The zero-order valence-electron chi connectivity index (χ0n) is 15.3. The first kappa shape index (κ1) is 18.8. The Morgan fingerprint density at radius 1 is 1.00 bits per heavy atom. The average molecular weight is 406 g/mol. The minimum absolute atomic E-state index is 0.0204. The number of benzene rings is 3. The molecule has 0 unspecified atom stereocenters. The summed E-state index contributed by atoms with van der Waals surface area (Å²) in [7, 11) is 1.57. The summed E-state index contributed by atoms with van der Waals surface area (Å²) in [6, 6.07) is 16.8. The quantitative estimate of drug-likeness (QED) is 0.408. The number of carbonyl (C=O) groups is 2. The molecule has 1 fully saturated rings. The molecule has 7 heteroatoms. The van der Waals surface area contributed by atoms with Crippen LogP contribution in [0.3, 0.4) is 0 Å². The molecular weight excluding hydrogens is 391 g/mol. The highest BCUT2D eigenvalue weighted by Crippen LogP contribution is 2.31. The topological polar surface area (TPSA) is 58.6 Å². The van der Waals surface area contributed by atoms with Crippen LogP contribution in [-0.4, -0.2) is 24.0 Å². The summed E-state index contributed by atoms with van der Waals surface area (Å²) in [5, 5.41) is 3.95. The highest BCUT2D eigenvalue weighted by molar-refractivity contribution is 7.80. The van der Waals surface area contributed by atoms with Gasteiger partial charge in [0, 0.05) is 5.39 Å². The van der Waals surface area contributed by atoms with E-state index < -0.39 is 17.6 Å². The number of halogens is 1. The van der Waals surface area contributed by atoms with Crippen molar-refractivity contribution in [3.63, 3.8) is 0 Å². The van der Waals surface area contributed by atoms with Crippen molar-refractivity contribution in [3.8, 4) is 5.75 Å². The predicted molar refractivity (Wildman–Crippen MR) is 113 cm³/mol. The van der Waals surface area contributed by atoms with E-state index in [2.05, 4.69) is 5.32 Å². The zero-order chi connectivity index (χ0) is 20.5. The van der Waals surface area contributed by atoms with Gasteiger partial charge in [-0.2, -0.15) is 0 Å². The Hall–Kier alpha value is -3.58. The van der Waals surface area contributed by atoms with Gasteiger partial charge in [-0.1, -0.05) is 42.5 Å². The van der Waals surface area contributed by atoms with Gasteiger partial charge in [0.1, 0.15) is 17.1 Å². The number of anilines is 1. The van der Waals surface area contributed by atoms with Gasteiger partial charge in [-0.15, -0.1) is 0 Å². The number of thiocarbonyl (C=S) groups is 1. The van der Waals surface area contributed by atoms with Crippen molar-refractivity contribution in [2.24, 2.45) is 0 Å². The molecule has 2 amide bonds. The van der Waals surface area contributed by atoms with Crippen LogP contribution in [0.2, 0.25) is 0 Å². The summed E-state index contributed by atoms with van der Waals surface area (Å²) in [5.74, 6) is -1.26. The van der Waals surface area contributed by atoms with Crippen LogP contribution in [0.4, 0.5) is 10.1 Å². The fraction of sp³-hybridized carbons (Fsp3) is 0.0455. The Labute approximate surface area is 171 Å². The molecule has 0 radical (unpaired) electrons. The van der Waals surface area contributed by atoms with E-state index >= 15 is 0 Å². The lowest BCUT2D eigenvalue weighted by Gasteiger charge is -2.29. The third kappa shape index (κ3) is 3.25. The molecule has 0 saturated carbocycles. The third-order valence-corrected chi connectivity index (χ3v) is 4.92. The molecule has 1 saturated heterocycles. The number of para-hydroxylation sites is 1. The van der Waals surface area contributed by atoms with Crippen LogP contribution in [0.25, 0.3) is 16.8 Å². The summed E-state index contributed by atoms with van der Waals surface area (Å²) in [5.41, 5.74) is 0.492. The van der Waals surface area contributed by atoms with E-state index in [9.17, 15) is 14.0 Å². The minimum Gasteiger partial charge on any atom is -0.496 e. The van der Waals surface area contributed by atoms with Gasteiger partial charge in [-0.05, 0) is 47.4 Å². The monoisotopic (exact) mass is 406 g/mol. The second-order valence-electron chi connectivity index (χ2n) is 6.31. The number of nitrogens with zero attached hydrogens (tertiary/aromatic N) is 1. The number of carbonyl (C=O) groups excluding carboxylic acids is 2. The Kier molecular flexibility index (Phi) is 4.82. The maximum atomic E-state index is 14.3. The number of rotatable bonds is 3. The van der Waals surface area contributed by atoms with Crippen molar-refractivity contribution >= 4 is 51.7 Å². The number of ether oxygens (including phenoxy) is 1. The molecule has 1 heterocycles. The highest BCUT2D eigenvalue weighted by Gasteiger charge is 2.35. The first-order valence-electron chi connectivity index (χ1n) is 8.73. The van der Waals surface area contributed by atoms with E-state index in [1.165, 1.54) is 24.3 Å². The number of hydrogen-bond acceptors (Lipinski definition) is 4. The molecule has 1 aliphatic heterocycles. The first-order chi connectivity index (χ1) is 14.0. The lowest BCUT2D eigenvalue weighted by Crippen LogP contribution is -2.54. The molecule has 0 spiro atoms. The van der Waals surface area contributed by atoms with Crippen molar-refractivity contribution in [1.82, 2.24) is 5.32 Å². The number of fused-ring (bicyclic) bond motifs is 1. The van der Waals surface area contributed by atoms with Crippen LogP contribution >= 0.6 is 12.2 Å². The Balaban J connectivity index is 1.84. The predicted octanol–water partition coefficient (Wildman–Crippen LogP) is 3.82. The van der Waals surface area contributed by atoms with Crippen molar-refractivity contribution in [2.45, 2.75) is 0 Å². The smallest absolute Gasteiger partial charge is 0.270 e. The largest absolute Gasteiger partial charge is 0.496 e. The maximum absolute atomic E-state index is 14.3. The van der Waals surface area contributed by atoms with Crippen molar-refractivity contribution < 1.29 is 18.7 Å². The summed E-state index contributed by atoms with van der Waals surface area (Å²) >= 11 is 5.11.